The Bertz CT molecular complexity index is 866. The molecule has 4 aliphatic rings. The van der Waals surface area contributed by atoms with E-state index in [-0.39, 0.29) is 60.4 Å². The van der Waals surface area contributed by atoms with Crippen LogP contribution in [0.3, 0.4) is 0 Å². The Morgan fingerprint density at radius 3 is 1.96 bits per heavy atom. The Morgan fingerprint density at radius 1 is 0.717 bits per heavy atom. The summed E-state index contributed by atoms with van der Waals surface area (Å²) in [6, 6.07) is 0. The fraction of sp³-hybridized carbons (Fsp3) is 0.947. The van der Waals surface area contributed by atoms with E-state index >= 15 is 0 Å². The molecule has 8 nitrogen and oxygen atoms in total. The summed E-state index contributed by atoms with van der Waals surface area (Å²) in [5.74, 6) is -0.347. The molecule has 1 N–H and O–H groups in total. The number of carbonyl (C=O) groups is 2. The predicted molar refractivity (Wildman–Crippen MR) is 178 cm³/mol. The Balaban J connectivity index is 1.01. The van der Waals surface area contributed by atoms with Gasteiger partial charge in [-0.15, -0.1) is 0 Å². The molecule has 0 saturated carbocycles. The second-order valence-corrected chi connectivity index (χ2v) is 14.8. The van der Waals surface area contributed by atoms with Gasteiger partial charge < -0.3 is 33.6 Å². The molecule has 9 atom stereocenters. The number of aliphatic hydroxyl groups is 1. The van der Waals surface area contributed by atoms with Crippen molar-refractivity contribution in [2.75, 3.05) is 6.79 Å². The molecule has 46 heavy (non-hydrogen) atoms. The summed E-state index contributed by atoms with van der Waals surface area (Å²) in [7, 11) is 0. The van der Waals surface area contributed by atoms with E-state index in [1.165, 1.54) is 64.2 Å². The van der Waals surface area contributed by atoms with E-state index in [1.807, 2.05) is 0 Å². The zero-order valence-electron chi connectivity index (χ0n) is 29.2. The summed E-state index contributed by atoms with van der Waals surface area (Å²) in [6.07, 6.45) is 26.0. The van der Waals surface area contributed by atoms with Gasteiger partial charge in [-0.25, -0.2) is 0 Å². The van der Waals surface area contributed by atoms with Gasteiger partial charge in [0, 0.05) is 6.42 Å². The molecular weight excluding hydrogens is 584 g/mol. The lowest BCUT2D eigenvalue weighted by atomic mass is 9.96. The third-order valence-electron chi connectivity index (χ3n) is 10.9. The van der Waals surface area contributed by atoms with E-state index in [9.17, 15) is 14.7 Å². The lowest BCUT2D eigenvalue weighted by molar-refractivity contribution is -0.154. The molecule has 0 aromatic rings. The van der Waals surface area contributed by atoms with Gasteiger partial charge in [0.2, 0.25) is 0 Å². The third-order valence-corrected chi connectivity index (χ3v) is 10.9. The average Bonchev–Trinajstić information content (AvgIpc) is 3.75. The molecule has 0 aromatic heterocycles. The van der Waals surface area contributed by atoms with Crippen molar-refractivity contribution in [1.82, 2.24) is 0 Å². The van der Waals surface area contributed by atoms with Crippen molar-refractivity contribution in [3.8, 4) is 0 Å². The molecule has 8 heteroatoms. The number of rotatable bonds is 22. The minimum Gasteiger partial charge on any atom is -0.462 e. The molecule has 0 radical (unpaired) electrons. The first-order valence-corrected chi connectivity index (χ1v) is 19.3. The first kappa shape index (κ1) is 37.8. The highest BCUT2D eigenvalue weighted by Crippen LogP contribution is 2.34. The van der Waals surface area contributed by atoms with E-state index in [2.05, 4.69) is 6.92 Å². The normalized spacial score (nSPS) is 32.5. The van der Waals surface area contributed by atoms with Gasteiger partial charge in [-0.05, 0) is 77.6 Å². The lowest BCUT2D eigenvalue weighted by Crippen LogP contribution is -2.32. The highest BCUT2D eigenvalue weighted by atomic mass is 16.7. The summed E-state index contributed by atoms with van der Waals surface area (Å²) in [5, 5.41) is 10.8. The number of unbranched alkanes of at least 4 members (excludes halogenated alkanes) is 11. The number of Topliss-reactive ketones (excluding diaryl/α,β-unsaturated/α-hetero) is 1. The van der Waals surface area contributed by atoms with E-state index in [0.717, 1.165) is 77.0 Å². The maximum absolute atomic E-state index is 11.9. The quantitative estimate of drug-likeness (QED) is 0.0926. The molecule has 4 rings (SSSR count). The largest absolute Gasteiger partial charge is 0.462 e. The summed E-state index contributed by atoms with van der Waals surface area (Å²) in [5.41, 5.74) is 0. The highest BCUT2D eigenvalue weighted by molar-refractivity contribution is 5.83. The Morgan fingerprint density at radius 2 is 1.28 bits per heavy atom. The standard InChI is InChI=1S/C38H66O8/c1-3-4-5-6-7-8-12-15-18-32(40)33-21-24-37(46-33)35-23-22-34(42-27-43-35)36-20-19-30(44-36)16-13-10-9-11-14-17-31-26-29(25-28(2)39)38(41)45-31/h29-37,40H,3-27H2,1-2H3/t29-,30-,31-,32+,33-,34+,35-,36+,37-/m0/s1. The molecular formula is C38H66O8. The van der Waals surface area contributed by atoms with Gasteiger partial charge in [-0.2, -0.15) is 0 Å². The summed E-state index contributed by atoms with van der Waals surface area (Å²) in [6.45, 7) is 4.09. The molecule has 4 aliphatic heterocycles. The van der Waals surface area contributed by atoms with Gasteiger partial charge in [0.25, 0.3) is 0 Å². The fourth-order valence-electron chi connectivity index (χ4n) is 8.12. The molecule has 266 valence electrons. The number of cyclic esters (lactones) is 1. The second-order valence-electron chi connectivity index (χ2n) is 14.8. The van der Waals surface area contributed by atoms with Crippen molar-refractivity contribution in [3.05, 3.63) is 0 Å². The molecule has 4 fully saturated rings. The monoisotopic (exact) mass is 650 g/mol. The maximum Gasteiger partial charge on any atom is 0.309 e. The van der Waals surface area contributed by atoms with Gasteiger partial charge in [-0.1, -0.05) is 84.0 Å². The first-order chi connectivity index (χ1) is 22.4. The van der Waals surface area contributed by atoms with Crippen molar-refractivity contribution < 1.29 is 38.4 Å². The zero-order chi connectivity index (χ0) is 32.6. The van der Waals surface area contributed by atoms with Crippen LogP contribution in [0.1, 0.15) is 168 Å². The number of hydrogen-bond donors (Lipinski definition) is 1. The van der Waals surface area contributed by atoms with Gasteiger partial charge in [-0.3, -0.25) is 4.79 Å². The van der Waals surface area contributed by atoms with Crippen LogP contribution in [0.4, 0.5) is 0 Å². The Kier molecular flexibility index (Phi) is 17.3. The van der Waals surface area contributed by atoms with Crippen LogP contribution in [0.2, 0.25) is 0 Å². The fourth-order valence-corrected chi connectivity index (χ4v) is 8.12. The van der Waals surface area contributed by atoms with Gasteiger partial charge in [0.1, 0.15) is 18.7 Å². The van der Waals surface area contributed by atoms with Crippen molar-refractivity contribution in [3.63, 3.8) is 0 Å². The lowest BCUT2D eigenvalue weighted by Gasteiger charge is -2.24. The van der Waals surface area contributed by atoms with Gasteiger partial charge >= 0.3 is 5.97 Å². The van der Waals surface area contributed by atoms with Crippen LogP contribution in [-0.2, 0) is 33.3 Å². The first-order valence-electron chi connectivity index (χ1n) is 19.3. The number of ketones is 1. The predicted octanol–water partition coefficient (Wildman–Crippen LogP) is 8.14. The molecule has 0 bridgehead atoms. The molecule has 0 amide bonds. The van der Waals surface area contributed by atoms with Crippen LogP contribution < -0.4 is 0 Å². The van der Waals surface area contributed by atoms with E-state index in [4.69, 9.17) is 23.7 Å². The van der Waals surface area contributed by atoms with E-state index in [1.54, 1.807) is 6.92 Å². The summed E-state index contributed by atoms with van der Waals surface area (Å²) in [4.78, 5) is 23.2. The number of aliphatic hydroxyl groups excluding tert-OH is 1. The highest BCUT2D eigenvalue weighted by Gasteiger charge is 2.39. The van der Waals surface area contributed by atoms with Crippen molar-refractivity contribution >= 4 is 11.8 Å². The van der Waals surface area contributed by atoms with Gasteiger partial charge in [0.05, 0.1) is 48.6 Å². The molecule has 0 aliphatic carbocycles. The molecule has 0 unspecified atom stereocenters. The van der Waals surface area contributed by atoms with Crippen molar-refractivity contribution in [1.29, 1.82) is 0 Å². The SMILES string of the molecule is CCCCCCCCCC[C@@H](O)[C@@H]1CC[C@@H]([C@@H]2CC[C@H]([C@H]3CC[C@H](CCCCCCC[C@H]4C[C@H](CC(C)=O)C(=O)O4)O3)OCO2)O1. The second kappa shape index (κ2) is 21.1. The van der Waals surface area contributed by atoms with Crippen LogP contribution in [0.25, 0.3) is 0 Å². The molecule has 0 aromatic carbocycles. The minimum absolute atomic E-state index is 0.00238. The van der Waals surface area contributed by atoms with Crippen LogP contribution in [0.15, 0.2) is 0 Å². The number of ether oxygens (including phenoxy) is 5. The van der Waals surface area contributed by atoms with Crippen LogP contribution >= 0.6 is 0 Å². The van der Waals surface area contributed by atoms with Crippen LogP contribution in [-0.4, -0.2) is 72.5 Å². The minimum atomic E-state index is -0.366. The molecule has 4 heterocycles. The van der Waals surface area contributed by atoms with Gasteiger partial charge in [0.15, 0.2) is 0 Å². The number of esters is 1. The maximum atomic E-state index is 11.9. The molecule has 4 saturated heterocycles. The van der Waals surface area contributed by atoms with E-state index < -0.39 is 0 Å². The van der Waals surface area contributed by atoms with E-state index in [0.29, 0.717) is 25.7 Å². The smallest absolute Gasteiger partial charge is 0.309 e. The number of carbonyl (C=O) groups excluding carboxylic acids is 2. The van der Waals surface area contributed by atoms with Crippen LogP contribution in [0.5, 0.6) is 0 Å². The van der Waals surface area contributed by atoms with Crippen LogP contribution in [0, 0.1) is 5.92 Å². The zero-order valence-corrected chi connectivity index (χ0v) is 29.2. The summed E-state index contributed by atoms with van der Waals surface area (Å²) < 4.78 is 30.6. The Hall–Kier alpha value is -1.06. The summed E-state index contributed by atoms with van der Waals surface area (Å²) >= 11 is 0. The average molecular weight is 651 g/mol. The topological polar surface area (TPSA) is 101 Å². The third kappa shape index (κ3) is 13.1. The Labute approximate surface area is 279 Å². The number of hydrogen-bond acceptors (Lipinski definition) is 8. The molecule has 0 spiro atoms. The van der Waals surface area contributed by atoms with Crippen molar-refractivity contribution in [2.45, 2.75) is 217 Å². The van der Waals surface area contributed by atoms with Crippen molar-refractivity contribution in [2.24, 2.45) is 5.92 Å².